The van der Waals surface area contributed by atoms with Crippen LogP contribution >= 0.6 is 11.6 Å². The molecule has 90 valence electrons. The van der Waals surface area contributed by atoms with Crippen molar-refractivity contribution in [3.05, 3.63) is 23.6 Å². The van der Waals surface area contributed by atoms with Gasteiger partial charge in [-0.05, 0) is 11.8 Å². The number of anilines is 1. The van der Waals surface area contributed by atoms with Gasteiger partial charge in [0.15, 0.2) is 10.8 Å². The fraction of sp³-hybridized carbons (Fsp3) is 0.500. The van der Waals surface area contributed by atoms with Gasteiger partial charge >= 0.3 is 0 Å². The summed E-state index contributed by atoms with van der Waals surface area (Å²) in [6, 6.07) is 1.91. The van der Waals surface area contributed by atoms with Crippen LogP contribution in [0.5, 0.6) is 0 Å². The van der Waals surface area contributed by atoms with Crippen LogP contribution in [0.2, 0.25) is 5.15 Å². The highest BCUT2D eigenvalue weighted by molar-refractivity contribution is 6.29. The number of nitrogens with zero attached hydrogens (tertiary/aromatic N) is 4. The number of hydrogen-bond acceptors (Lipinski definition) is 3. The van der Waals surface area contributed by atoms with Gasteiger partial charge in [-0.3, -0.25) is 0 Å². The zero-order valence-electron chi connectivity index (χ0n) is 10.0. The van der Waals surface area contributed by atoms with Gasteiger partial charge in [-0.15, -0.1) is 0 Å². The SMILES string of the molecule is CC1(C)CCN(c2cc(Cl)nn3ccnc23)C1. The molecule has 0 spiro atoms. The molecular weight excluding hydrogens is 236 g/mol. The van der Waals surface area contributed by atoms with Crippen LogP contribution in [0.1, 0.15) is 20.3 Å². The Morgan fingerprint density at radius 2 is 2.24 bits per heavy atom. The van der Waals surface area contributed by atoms with Gasteiger partial charge in [0, 0.05) is 31.5 Å². The minimum Gasteiger partial charge on any atom is -0.368 e. The molecule has 2 aromatic rings. The molecule has 2 aromatic heterocycles. The maximum atomic E-state index is 6.04. The predicted molar refractivity (Wildman–Crippen MR) is 68.6 cm³/mol. The van der Waals surface area contributed by atoms with E-state index in [0.717, 1.165) is 24.4 Å². The zero-order valence-corrected chi connectivity index (χ0v) is 10.8. The van der Waals surface area contributed by atoms with Gasteiger partial charge in [0.05, 0.1) is 5.69 Å². The van der Waals surface area contributed by atoms with Gasteiger partial charge < -0.3 is 4.90 Å². The fourth-order valence-electron chi connectivity index (χ4n) is 2.42. The second-order valence-corrected chi connectivity index (χ2v) is 5.77. The Hall–Kier alpha value is -1.29. The van der Waals surface area contributed by atoms with E-state index in [1.807, 2.05) is 12.3 Å². The molecule has 0 radical (unpaired) electrons. The first-order valence-corrected chi connectivity index (χ1v) is 6.18. The van der Waals surface area contributed by atoms with Crippen LogP contribution in [0.25, 0.3) is 5.65 Å². The Labute approximate surface area is 105 Å². The number of aromatic nitrogens is 3. The van der Waals surface area contributed by atoms with Crippen molar-refractivity contribution < 1.29 is 0 Å². The van der Waals surface area contributed by atoms with E-state index in [9.17, 15) is 0 Å². The molecule has 1 aliphatic heterocycles. The molecule has 0 aromatic carbocycles. The van der Waals surface area contributed by atoms with Crippen molar-refractivity contribution in [3.8, 4) is 0 Å². The predicted octanol–water partition coefficient (Wildman–Crippen LogP) is 2.62. The molecule has 5 heteroatoms. The quantitative estimate of drug-likeness (QED) is 0.780. The zero-order chi connectivity index (χ0) is 12.0. The number of rotatable bonds is 1. The summed E-state index contributed by atoms with van der Waals surface area (Å²) >= 11 is 6.04. The molecule has 0 aliphatic carbocycles. The van der Waals surface area contributed by atoms with Crippen molar-refractivity contribution >= 4 is 22.9 Å². The van der Waals surface area contributed by atoms with E-state index in [2.05, 4.69) is 28.8 Å². The maximum absolute atomic E-state index is 6.04. The lowest BCUT2D eigenvalue weighted by atomic mass is 9.93. The van der Waals surface area contributed by atoms with Gasteiger partial charge in [-0.1, -0.05) is 25.4 Å². The summed E-state index contributed by atoms with van der Waals surface area (Å²) in [6.07, 6.45) is 4.77. The smallest absolute Gasteiger partial charge is 0.177 e. The standard InChI is InChI=1S/C12H15ClN4/c1-12(2)3-5-16(8-12)9-7-10(13)15-17-6-4-14-11(9)17/h4,6-7H,3,5,8H2,1-2H3. The molecule has 3 rings (SSSR count). The van der Waals surface area contributed by atoms with Gasteiger partial charge in [0.1, 0.15) is 0 Å². The highest BCUT2D eigenvalue weighted by Gasteiger charge is 2.30. The molecular formula is C12H15ClN4. The topological polar surface area (TPSA) is 33.4 Å². The van der Waals surface area contributed by atoms with E-state index >= 15 is 0 Å². The van der Waals surface area contributed by atoms with Crippen LogP contribution in [-0.4, -0.2) is 27.7 Å². The highest BCUT2D eigenvalue weighted by Crippen LogP contribution is 2.34. The third kappa shape index (κ3) is 1.86. The van der Waals surface area contributed by atoms with Crippen LogP contribution in [0, 0.1) is 5.41 Å². The Morgan fingerprint density at radius 1 is 1.41 bits per heavy atom. The van der Waals surface area contributed by atoms with Gasteiger partial charge in [0.2, 0.25) is 0 Å². The van der Waals surface area contributed by atoms with Crippen molar-refractivity contribution in [2.45, 2.75) is 20.3 Å². The molecule has 0 saturated carbocycles. The lowest BCUT2D eigenvalue weighted by Crippen LogP contribution is -2.23. The number of halogens is 1. The first-order chi connectivity index (χ1) is 8.05. The third-order valence-electron chi connectivity index (χ3n) is 3.33. The van der Waals surface area contributed by atoms with Crippen LogP contribution in [0.15, 0.2) is 18.5 Å². The largest absolute Gasteiger partial charge is 0.368 e. The lowest BCUT2D eigenvalue weighted by Gasteiger charge is -2.21. The van der Waals surface area contributed by atoms with Crippen molar-refractivity contribution in [3.63, 3.8) is 0 Å². The molecule has 0 N–H and O–H groups in total. The summed E-state index contributed by atoms with van der Waals surface area (Å²) in [7, 11) is 0. The molecule has 0 bridgehead atoms. The van der Waals surface area contributed by atoms with Crippen LogP contribution in [0.4, 0.5) is 5.69 Å². The van der Waals surface area contributed by atoms with E-state index in [4.69, 9.17) is 11.6 Å². The Balaban J connectivity index is 2.08. The number of fused-ring (bicyclic) bond motifs is 1. The van der Waals surface area contributed by atoms with Gasteiger partial charge in [-0.2, -0.15) is 5.10 Å². The molecule has 1 fully saturated rings. The molecule has 1 aliphatic rings. The average molecular weight is 251 g/mol. The maximum Gasteiger partial charge on any atom is 0.177 e. The van der Waals surface area contributed by atoms with Gasteiger partial charge in [0.25, 0.3) is 0 Å². The molecule has 0 amide bonds. The van der Waals surface area contributed by atoms with E-state index < -0.39 is 0 Å². The second kappa shape index (κ2) is 3.60. The Morgan fingerprint density at radius 3 is 2.94 bits per heavy atom. The summed E-state index contributed by atoms with van der Waals surface area (Å²) in [5.74, 6) is 0. The van der Waals surface area contributed by atoms with Crippen molar-refractivity contribution in [2.24, 2.45) is 5.41 Å². The van der Waals surface area contributed by atoms with Gasteiger partial charge in [-0.25, -0.2) is 9.50 Å². The molecule has 0 unspecified atom stereocenters. The van der Waals surface area contributed by atoms with Crippen molar-refractivity contribution in [2.75, 3.05) is 18.0 Å². The fourth-order valence-corrected chi connectivity index (χ4v) is 2.61. The van der Waals surface area contributed by atoms with Crippen molar-refractivity contribution in [1.82, 2.24) is 14.6 Å². The molecule has 0 atom stereocenters. The van der Waals surface area contributed by atoms with Crippen molar-refractivity contribution in [1.29, 1.82) is 0 Å². The van der Waals surface area contributed by atoms with E-state index in [0.29, 0.717) is 10.6 Å². The highest BCUT2D eigenvalue weighted by atomic mass is 35.5. The van der Waals surface area contributed by atoms with Crippen LogP contribution in [0.3, 0.4) is 0 Å². The van der Waals surface area contributed by atoms with Crippen LogP contribution in [-0.2, 0) is 0 Å². The summed E-state index contributed by atoms with van der Waals surface area (Å²) in [6.45, 7) is 6.67. The van der Waals surface area contributed by atoms with E-state index in [1.54, 1.807) is 10.7 Å². The first-order valence-electron chi connectivity index (χ1n) is 5.80. The Bertz CT molecular complexity index is 561. The number of imidazole rings is 1. The molecule has 4 nitrogen and oxygen atoms in total. The van der Waals surface area contributed by atoms with E-state index in [-0.39, 0.29) is 0 Å². The number of hydrogen-bond donors (Lipinski definition) is 0. The molecule has 3 heterocycles. The van der Waals surface area contributed by atoms with E-state index in [1.165, 1.54) is 6.42 Å². The molecule has 1 saturated heterocycles. The normalized spacial score (nSPS) is 19.1. The Kier molecular flexibility index (Phi) is 2.30. The summed E-state index contributed by atoms with van der Waals surface area (Å²) < 4.78 is 1.74. The lowest BCUT2D eigenvalue weighted by molar-refractivity contribution is 0.418. The first kappa shape index (κ1) is 10.8. The average Bonchev–Trinajstić information content (AvgIpc) is 2.82. The molecule has 17 heavy (non-hydrogen) atoms. The third-order valence-corrected chi connectivity index (χ3v) is 3.51. The summed E-state index contributed by atoms with van der Waals surface area (Å²) in [4.78, 5) is 6.70. The second-order valence-electron chi connectivity index (χ2n) is 5.38. The monoisotopic (exact) mass is 250 g/mol. The van der Waals surface area contributed by atoms with Crippen LogP contribution < -0.4 is 4.90 Å². The minimum absolute atomic E-state index is 0.360. The summed E-state index contributed by atoms with van der Waals surface area (Å²) in [5, 5.41) is 4.71. The summed E-state index contributed by atoms with van der Waals surface area (Å²) in [5.41, 5.74) is 2.33. The minimum atomic E-state index is 0.360.